The van der Waals surface area contributed by atoms with E-state index in [2.05, 4.69) is 27.7 Å². The van der Waals surface area contributed by atoms with Crippen LogP contribution in [0.2, 0.25) is 0 Å². The summed E-state index contributed by atoms with van der Waals surface area (Å²) in [5, 5.41) is 110. The molecule has 3 spiro atoms. The van der Waals surface area contributed by atoms with E-state index in [9.17, 15) is 0 Å². The van der Waals surface area contributed by atoms with Crippen molar-refractivity contribution in [2.24, 2.45) is 0 Å². The van der Waals surface area contributed by atoms with E-state index in [4.69, 9.17) is 5.32 Å². The fourth-order valence-electron chi connectivity index (χ4n) is 27.9. The standard InChI is InChI=1S/C70H19N2O/c1-66(2)5-68(6-67(3,4)72(66)73)70-64-58-52-42-30-22-14-10-8-9-12-16(14)24(30)34-28-20(12)21-13(9)17-15-11(8)19-18(10)26-32(22)40-46-36(26)37-27(19)33-23(15)31-25(17)35-29(21)39-38(28)50(44(34)52)60(64)61-51(39)45(35)53-43(31)49-41(33)47(37)55-54(46)62(56(58)48(40)42)69(70,7-71-68)63(55)57(49)59(53)65(61)70/h71H,5-7H2,1-4H3. The maximum atomic E-state index is 15.2. The first-order chi connectivity index (χ1) is 35.8. The van der Waals surface area contributed by atoms with Crippen LogP contribution in [-0.2, 0) is 16.0 Å². The molecule has 6 aliphatic rings. The lowest BCUT2D eigenvalue weighted by Gasteiger charge is -2.63. The second-order valence-corrected chi connectivity index (χ2v) is 29.1. The van der Waals surface area contributed by atoms with Gasteiger partial charge in [-0.05, 0) is 354 Å². The predicted molar refractivity (Wildman–Crippen MR) is 305 cm³/mol. The highest BCUT2D eigenvalue weighted by molar-refractivity contribution is 6.82. The SMILES string of the molecule is CC1(C)CC2(CC(C)(C)N1[O])NCC13c4c5c6c7c8c9c(c%10c%11c1c1c4c4c%12c5c5c6c6c8c8c%13c9c9c%10c%10c%11c%11c1c1c4c4c%12c%12c5c5c6c8c6c8c%13c9c9c%10c%10c%11c1c1c4c4c%12c5c6c5c8c9c%10c1c45)C723. The van der Waals surface area contributed by atoms with Crippen molar-refractivity contribution in [3.8, 4) is 0 Å². The smallest absolute Gasteiger partial charge is 0.0561 e. The minimum absolute atomic E-state index is 0.338. The molecule has 0 unspecified atom stereocenters. The average molecular weight is 904 g/mol. The fourth-order valence-corrected chi connectivity index (χ4v) is 27.9. The minimum Gasteiger partial charge on any atom is -0.309 e. The molecule has 2 saturated heterocycles. The summed E-state index contributed by atoms with van der Waals surface area (Å²) in [6.45, 7) is 10.2. The molecule has 3 nitrogen and oxygen atoms in total. The van der Waals surface area contributed by atoms with Gasteiger partial charge in [-0.1, -0.05) is 0 Å². The minimum atomic E-state index is -0.579. The number of nitrogens with one attached hydrogen (secondary N) is 1. The molecular formula is C70H19N2O. The summed E-state index contributed by atoms with van der Waals surface area (Å²) in [5.41, 5.74) is 4.60. The topological polar surface area (TPSA) is 35.2 Å². The highest BCUT2D eigenvalue weighted by Gasteiger charge is 2.80. The van der Waals surface area contributed by atoms with E-state index >= 15 is 5.21 Å². The van der Waals surface area contributed by atoms with Crippen LogP contribution in [-0.4, -0.2) is 28.2 Å². The molecule has 0 aromatic heterocycles. The summed E-state index contributed by atoms with van der Waals surface area (Å²) in [6, 6.07) is 0. The zero-order chi connectivity index (χ0) is 44.4. The number of hydrogen-bond donors (Lipinski definition) is 1. The van der Waals surface area contributed by atoms with Crippen LogP contribution in [0.3, 0.4) is 0 Å². The van der Waals surface area contributed by atoms with E-state index in [-0.39, 0.29) is 11.0 Å². The third kappa shape index (κ3) is 1.52. The molecule has 0 saturated carbocycles. The quantitative estimate of drug-likeness (QED) is 0.154. The van der Waals surface area contributed by atoms with Gasteiger partial charge in [0.1, 0.15) is 0 Å². The molecule has 315 valence electrons. The largest absolute Gasteiger partial charge is 0.309 e. The third-order valence-electron chi connectivity index (χ3n) is 27.5. The summed E-state index contributed by atoms with van der Waals surface area (Å²) in [7, 11) is 0. The van der Waals surface area contributed by atoms with E-state index < -0.39 is 16.5 Å². The average Bonchev–Trinajstić information content (AvgIpc) is 3.21. The van der Waals surface area contributed by atoms with E-state index in [1.165, 1.54) is 0 Å². The van der Waals surface area contributed by atoms with Crippen LogP contribution in [0.5, 0.6) is 0 Å². The number of rotatable bonds is 0. The molecule has 2 heterocycles. The molecule has 4 aliphatic carbocycles. The summed E-state index contributed by atoms with van der Waals surface area (Å²) in [6.07, 6.45) is 1.65. The number of hydroxylamine groups is 2. The lowest BCUT2D eigenvalue weighted by Crippen LogP contribution is -2.72. The third-order valence-corrected chi connectivity index (χ3v) is 27.5. The molecule has 2 fully saturated rings. The molecule has 73 heavy (non-hydrogen) atoms. The molecule has 2 aliphatic heterocycles. The van der Waals surface area contributed by atoms with Crippen molar-refractivity contribution in [1.29, 1.82) is 0 Å². The monoisotopic (exact) mass is 903 g/mol. The van der Waals surface area contributed by atoms with Crippen molar-refractivity contribution in [2.75, 3.05) is 6.54 Å². The van der Waals surface area contributed by atoms with Crippen LogP contribution in [0.25, 0.3) is 291 Å². The Balaban J connectivity index is 1.14. The molecule has 28 aromatic carbocycles. The molecule has 3 heteroatoms. The molecule has 0 atom stereocenters. The molecule has 0 amide bonds. The van der Waals surface area contributed by atoms with Crippen LogP contribution in [0, 0.1) is 0 Å². The lowest BCUT2D eigenvalue weighted by molar-refractivity contribution is -0.300. The van der Waals surface area contributed by atoms with Gasteiger partial charge in [-0.3, -0.25) is 0 Å². The Bertz CT molecular complexity index is 7170. The fraction of sp³-hybridized carbons (Fsp3) is 0.171. The Morgan fingerprint density at radius 1 is 0.260 bits per heavy atom. The lowest BCUT2D eigenvalue weighted by atomic mass is 9.42. The molecule has 28 aromatic rings. The van der Waals surface area contributed by atoms with Crippen LogP contribution in [0.4, 0.5) is 0 Å². The van der Waals surface area contributed by atoms with Crippen LogP contribution in [0.1, 0.15) is 62.8 Å². The number of nitrogens with zero attached hydrogens (tertiary/aromatic N) is 1. The second kappa shape index (κ2) is 6.24. The maximum Gasteiger partial charge on any atom is 0.0561 e. The first kappa shape index (κ1) is 28.5. The van der Waals surface area contributed by atoms with Crippen molar-refractivity contribution >= 4 is 291 Å². The van der Waals surface area contributed by atoms with Crippen LogP contribution >= 0.6 is 0 Å². The summed E-state index contributed by atoms with van der Waals surface area (Å²) in [5.74, 6) is 0. The van der Waals surface area contributed by atoms with Crippen molar-refractivity contribution in [3.63, 3.8) is 0 Å². The molecule has 0 bridgehead atoms. The van der Waals surface area contributed by atoms with Crippen LogP contribution < -0.4 is 5.32 Å². The Morgan fingerprint density at radius 2 is 0.425 bits per heavy atom. The van der Waals surface area contributed by atoms with Crippen LogP contribution in [0.15, 0.2) is 0 Å². The molecular weight excluding hydrogens is 885 g/mol. The zero-order valence-electron chi connectivity index (χ0n) is 39.0. The highest BCUT2D eigenvalue weighted by Crippen LogP contribution is 2.87. The van der Waals surface area contributed by atoms with Gasteiger partial charge in [-0.15, -0.1) is 10.3 Å². The second-order valence-electron chi connectivity index (χ2n) is 29.1. The predicted octanol–water partition coefficient (Wildman–Crippen LogP) is 17.6. The van der Waals surface area contributed by atoms with Gasteiger partial charge in [0.05, 0.1) is 10.8 Å². The van der Waals surface area contributed by atoms with Crippen molar-refractivity contribution in [2.45, 2.75) is 68.0 Å². The van der Waals surface area contributed by atoms with Gasteiger partial charge in [0, 0.05) is 23.2 Å². The van der Waals surface area contributed by atoms with Crippen molar-refractivity contribution in [3.05, 3.63) is 22.3 Å². The van der Waals surface area contributed by atoms with Gasteiger partial charge in [-0.25, -0.2) is 0 Å². The van der Waals surface area contributed by atoms with Gasteiger partial charge < -0.3 is 5.32 Å². The van der Waals surface area contributed by atoms with Gasteiger partial charge in [0.2, 0.25) is 0 Å². The molecule has 34 rings (SSSR count). The summed E-state index contributed by atoms with van der Waals surface area (Å²) < 4.78 is 0. The van der Waals surface area contributed by atoms with E-state index in [0.29, 0.717) is 0 Å². The number of piperidine rings is 1. The zero-order valence-corrected chi connectivity index (χ0v) is 39.0. The number of benzene rings is 18. The van der Waals surface area contributed by atoms with E-state index in [0.717, 1.165) is 19.4 Å². The Labute approximate surface area is 401 Å². The molecule has 1 radical (unpaired) electrons. The Hall–Kier alpha value is -7.66. The maximum absolute atomic E-state index is 15.2. The first-order valence-electron chi connectivity index (χ1n) is 27.8. The van der Waals surface area contributed by atoms with Gasteiger partial charge in [0.25, 0.3) is 0 Å². The normalized spacial score (nSPS) is 23.1. The Kier molecular flexibility index (Phi) is 2.44. The summed E-state index contributed by atoms with van der Waals surface area (Å²) in [4.78, 5) is 0. The van der Waals surface area contributed by atoms with Gasteiger partial charge in [-0.2, -0.15) is 0 Å². The van der Waals surface area contributed by atoms with Crippen molar-refractivity contribution < 1.29 is 5.21 Å². The Morgan fingerprint density at radius 3 is 0.616 bits per heavy atom. The summed E-state index contributed by atoms with van der Waals surface area (Å²) >= 11 is 0. The van der Waals surface area contributed by atoms with Gasteiger partial charge >= 0.3 is 0 Å². The van der Waals surface area contributed by atoms with E-state index in [1.807, 2.05) is 0 Å². The van der Waals surface area contributed by atoms with E-state index in [1.54, 1.807) is 318 Å². The number of hydrogen-bond acceptors (Lipinski definition) is 2. The van der Waals surface area contributed by atoms with Gasteiger partial charge in [0.15, 0.2) is 0 Å². The molecule has 1 N–H and O–H groups in total. The highest BCUT2D eigenvalue weighted by atomic mass is 16.5. The first-order valence-corrected chi connectivity index (χ1v) is 27.8. The van der Waals surface area contributed by atoms with Crippen molar-refractivity contribution in [1.82, 2.24) is 10.4 Å².